The molecule has 1 N–H and O–H groups in total. The number of nitrogens with one attached hydrogen (secondary N) is 1. The van der Waals surface area contributed by atoms with Gasteiger partial charge in [0.25, 0.3) is 0 Å². The van der Waals surface area contributed by atoms with Gasteiger partial charge in [-0.15, -0.1) is 0 Å². The first kappa shape index (κ1) is 18.2. The number of carbonyl (C=O) groups is 1. The molecule has 0 radical (unpaired) electrons. The van der Waals surface area contributed by atoms with Crippen molar-refractivity contribution in [3.8, 4) is 0 Å². The summed E-state index contributed by atoms with van der Waals surface area (Å²) in [6.45, 7) is 9.61. The Morgan fingerprint density at radius 3 is 2.71 bits per heavy atom. The van der Waals surface area contributed by atoms with E-state index in [0.717, 1.165) is 32.6 Å². The van der Waals surface area contributed by atoms with Crippen LogP contribution in [0.5, 0.6) is 0 Å². The molecule has 0 aliphatic carbocycles. The fourth-order valence-electron chi connectivity index (χ4n) is 2.13. The Balaban J connectivity index is 2.35. The summed E-state index contributed by atoms with van der Waals surface area (Å²) < 4.78 is 15.9. The summed E-state index contributed by atoms with van der Waals surface area (Å²) in [7, 11) is 1.63. The monoisotopic (exact) mass is 302 g/mol. The van der Waals surface area contributed by atoms with Crippen molar-refractivity contribution < 1.29 is 19.0 Å². The number of nitrogens with zero attached hydrogens (tertiary/aromatic N) is 1. The Bertz CT molecular complexity index is 299. The minimum absolute atomic E-state index is 0.291. The van der Waals surface area contributed by atoms with Gasteiger partial charge < -0.3 is 24.4 Å². The van der Waals surface area contributed by atoms with E-state index in [1.807, 2.05) is 20.8 Å². The number of carbonyl (C=O) groups excluding carboxylic acids is 1. The molecule has 124 valence electrons. The first-order valence-corrected chi connectivity index (χ1v) is 7.70. The van der Waals surface area contributed by atoms with Gasteiger partial charge in [0, 0.05) is 39.4 Å². The molecule has 0 saturated carbocycles. The first-order chi connectivity index (χ1) is 9.92. The molecule has 1 aliphatic rings. The van der Waals surface area contributed by atoms with Crippen LogP contribution in [0.3, 0.4) is 0 Å². The smallest absolute Gasteiger partial charge is 0.410 e. The van der Waals surface area contributed by atoms with E-state index >= 15 is 0 Å². The highest BCUT2D eigenvalue weighted by Crippen LogP contribution is 2.10. The van der Waals surface area contributed by atoms with Crippen molar-refractivity contribution in [2.45, 2.75) is 45.3 Å². The van der Waals surface area contributed by atoms with Crippen LogP contribution in [0.4, 0.5) is 4.79 Å². The summed E-state index contributed by atoms with van der Waals surface area (Å²) in [5, 5.41) is 3.43. The number of rotatable bonds is 7. The highest BCUT2D eigenvalue weighted by molar-refractivity contribution is 5.68. The van der Waals surface area contributed by atoms with Gasteiger partial charge in [-0.3, -0.25) is 0 Å². The molecule has 1 amide bonds. The van der Waals surface area contributed by atoms with Gasteiger partial charge in [-0.25, -0.2) is 4.79 Å². The first-order valence-electron chi connectivity index (χ1n) is 7.70. The maximum atomic E-state index is 12.1. The highest BCUT2D eigenvalue weighted by atomic mass is 16.6. The van der Waals surface area contributed by atoms with Gasteiger partial charge >= 0.3 is 6.09 Å². The predicted molar refractivity (Wildman–Crippen MR) is 81.5 cm³/mol. The fraction of sp³-hybridized carbons (Fsp3) is 0.933. The molecule has 6 nitrogen and oxygen atoms in total. The van der Waals surface area contributed by atoms with Crippen LogP contribution in [0.25, 0.3) is 0 Å². The summed E-state index contributed by atoms with van der Waals surface area (Å²) in [6.07, 6.45) is 1.93. The molecule has 1 fully saturated rings. The molecule has 21 heavy (non-hydrogen) atoms. The second kappa shape index (κ2) is 9.23. The normalized spacial score (nSPS) is 19.3. The van der Waals surface area contributed by atoms with E-state index in [4.69, 9.17) is 14.2 Å². The summed E-state index contributed by atoms with van der Waals surface area (Å²) in [5.41, 5.74) is -0.479. The van der Waals surface area contributed by atoms with Gasteiger partial charge in [-0.2, -0.15) is 0 Å². The van der Waals surface area contributed by atoms with Crippen LogP contribution in [0.1, 0.15) is 33.6 Å². The van der Waals surface area contributed by atoms with Crippen molar-refractivity contribution in [1.82, 2.24) is 10.2 Å². The zero-order chi connectivity index (χ0) is 15.7. The molecule has 1 saturated heterocycles. The highest BCUT2D eigenvalue weighted by Gasteiger charge is 2.22. The maximum Gasteiger partial charge on any atom is 0.410 e. The number of hydrogen-bond acceptors (Lipinski definition) is 5. The van der Waals surface area contributed by atoms with Crippen LogP contribution >= 0.6 is 0 Å². The van der Waals surface area contributed by atoms with Crippen LogP contribution in [-0.4, -0.2) is 69.2 Å². The van der Waals surface area contributed by atoms with Crippen LogP contribution in [-0.2, 0) is 14.2 Å². The second-order valence-corrected chi connectivity index (χ2v) is 6.33. The molecule has 1 rings (SSSR count). The molecule has 0 bridgehead atoms. The van der Waals surface area contributed by atoms with E-state index < -0.39 is 5.60 Å². The molecule has 6 heteroatoms. The van der Waals surface area contributed by atoms with E-state index in [1.165, 1.54) is 0 Å². The Hall–Kier alpha value is -0.850. The number of hydrogen-bond donors (Lipinski definition) is 1. The lowest BCUT2D eigenvalue weighted by Crippen LogP contribution is -2.45. The van der Waals surface area contributed by atoms with Gasteiger partial charge in [0.1, 0.15) is 5.60 Å². The van der Waals surface area contributed by atoms with Crippen LogP contribution in [0.15, 0.2) is 0 Å². The van der Waals surface area contributed by atoms with Gasteiger partial charge in [0.2, 0.25) is 0 Å². The zero-order valence-electron chi connectivity index (χ0n) is 13.8. The van der Waals surface area contributed by atoms with Crippen molar-refractivity contribution in [3.63, 3.8) is 0 Å². The van der Waals surface area contributed by atoms with Crippen molar-refractivity contribution in [2.24, 2.45) is 0 Å². The average molecular weight is 302 g/mol. The number of ether oxygens (including phenoxy) is 3. The molecule has 0 aromatic heterocycles. The van der Waals surface area contributed by atoms with Gasteiger partial charge in [-0.1, -0.05) is 0 Å². The lowest BCUT2D eigenvalue weighted by molar-refractivity contribution is 0.0195. The minimum atomic E-state index is -0.479. The average Bonchev–Trinajstić information content (AvgIpc) is 2.41. The van der Waals surface area contributed by atoms with E-state index in [0.29, 0.717) is 25.7 Å². The Kier molecular flexibility index (Phi) is 8.00. The van der Waals surface area contributed by atoms with E-state index in [2.05, 4.69) is 5.32 Å². The molecular formula is C15H30N2O4. The Morgan fingerprint density at radius 1 is 1.38 bits per heavy atom. The molecular weight excluding hydrogens is 272 g/mol. The Morgan fingerprint density at radius 2 is 2.14 bits per heavy atom. The van der Waals surface area contributed by atoms with Gasteiger partial charge in [-0.05, 0) is 33.6 Å². The van der Waals surface area contributed by atoms with E-state index in [-0.39, 0.29) is 6.09 Å². The fourth-order valence-corrected chi connectivity index (χ4v) is 2.13. The Labute approximate surface area is 128 Å². The van der Waals surface area contributed by atoms with Gasteiger partial charge in [0.15, 0.2) is 0 Å². The third kappa shape index (κ3) is 8.24. The van der Waals surface area contributed by atoms with Crippen LogP contribution in [0.2, 0.25) is 0 Å². The summed E-state index contributed by atoms with van der Waals surface area (Å²) in [4.78, 5) is 13.8. The third-order valence-corrected chi connectivity index (χ3v) is 3.19. The zero-order valence-corrected chi connectivity index (χ0v) is 13.8. The van der Waals surface area contributed by atoms with Crippen molar-refractivity contribution in [2.75, 3.05) is 46.6 Å². The molecule has 0 aromatic rings. The maximum absolute atomic E-state index is 12.1. The van der Waals surface area contributed by atoms with Crippen molar-refractivity contribution >= 4 is 6.09 Å². The largest absolute Gasteiger partial charge is 0.444 e. The molecule has 0 aromatic carbocycles. The minimum Gasteiger partial charge on any atom is -0.444 e. The molecule has 1 unspecified atom stereocenters. The van der Waals surface area contributed by atoms with Crippen molar-refractivity contribution in [1.29, 1.82) is 0 Å². The summed E-state index contributed by atoms with van der Waals surface area (Å²) in [5.74, 6) is 0. The SMILES string of the molecule is COCCN(CCNC1CCCOC1)C(=O)OC(C)(C)C. The summed E-state index contributed by atoms with van der Waals surface area (Å²) >= 11 is 0. The number of methoxy groups -OCH3 is 1. The summed E-state index contributed by atoms with van der Waals surface area (Å²) in [6, 6.07) is 0.390. The molecule has 1 aliphatic heterocycles. The third-order valence-electron chi connectivity index (χ3n) is 3.19. The lowest BCUT2D eigenvalue weighted by atomic mass is 10.1. The molecule has 1 atom stereocenters. The second-order valence-electron chi connectivity index (χ2n) is 6.33. The van der Waals surface area contributed by atoms with Crippen molar-refractivity contribution in [3.05, 3.63) is 0 Å². The van der Waals surface area contributed by atoms with Gasteiger partial charge in [0.05, 0.1) is 13.2 Å². The predicted octanol–water partition coefficient (Wildman–Crippen LogP) is 1.64. The quantitative estimate of drug-likeness (QED) is 0.774. The molecule has 0 spiro atoms. The van der Waals surface area contributed by atoms with E-state index in [9.17, 15) is 4.79 Å². The van der Waals surface area contributed by atoms with Crippen LogP contribution < -0.4 is 5.32 Å². The lowest BCUT2D eigenvalue weighted by Gasteiger charge is -2.28. The molecule has 1 heterocycles. The van der Waals surface area contributed by atoms with E-state index in [1.54, 1.807) is 12.0 Å². The number of amides is 1. The van der Waals surface area contributed by atoms with Crippen LogP contribution in [0, 0.1) is 0 Å². The standard InChI is InChI=1S/C15H30N2O4/c1-15(2,3)21-14(18)17(9-11-19-4)8-7-16-13-6-5-10-20-12-13/h13,16H,5-12H2,1-4H3. The topological polar surface area (TPSA) is 60.0 Å².